The number of aryl methyl sites for hydroxylation is 2. The SMILES string of the molecule is C/C(=C\c1cc(C)c(OC(F)F)c(C)c1)C(C)O. The number of halogens is 2. The van der Waals surface area contributed by atoms with Crippen molar-refractivity contribution in [3.8, 4) is 5.75 Å². The second-order valence-electron chi connectivity index (χ2n) is 4.43. The molecule has 0 radical (unpaired) electrons. The number of alkyl halides is 2. The molecule has 1 N–H and O–H groups in total. The van der Waals surface area contributed by atoms with Crippen LogP contribution in [0.1, 0.15) is 30.5 Å². The molecule has 18 heavy (non-hydrogen) atoms. The molecule has 100 valence electrons. The molecular formula is C14H18F2O2. The smallest absolute Gasteiger partial charge is 0.387 e. The Morgan fingerprint density at radius 1 is 1.28 bits per heavy atom. The number of hydrogen-bond donors (Lipinski definition) is 1. The van der Waals surface area contributed by atoms with E-state index in [1.807, 2.05) is 13.0 Å². The van der Waals surface area contributed by atoms with Crippen LogP contribution in [0.25, 0.3) is 6.08 Å². The number of hydrogen-bond acceptors (Lipinski definition) is 2. The molecule has 0 heterocycles. The minimum absolute atomic E-state index is 0.219. The zero-order chi connectivity index (χ0) is 13.9. The highest BCUT2D eigenvalue weighted by molar-refractivity contribution is 5.58. The zero-order valence-electron chi connectivity index (χ0n) is 11.0. The van der Waals surface area contributed by atoms with Crippen molar-refractivity contribution in [1.82, 2.24) is 0 Å². The fourth-order valence-electron chi connectivity index (χ4n) is 1.73. The van der Waals surface area contributed by atoms with E-state index in [1.54, 1.807) is 32.9 Å². The average Bonchev–Trinajstić information content (AvgIpc) is 2.23. The Labute approximate surface area is 106 Å². The largest absolute Gasteiger partial charge is 0.434 e. The molecule has 0 aliphatic heterocycles. The van der Waals surface area contributed by atoms with Crippen molar-refractivity contribution in [3.05, 3.63) is 34.4 Å². The normalized spacial score (nSPS) is 13.9. The van der Waals surface area contributed by atoms with Crippen LogP contribution in [-0.2, 0) is 0 Å². The third kappa shape index (κ3) is 3.81. The molecule has 1 rings (SSSR count). The van der Waals surface area contributed by atoms with E-state index in [1.165, 1.54) is 0 Å². The standard InChI is InChI=1S/C14H18F2O2/c1-8(11(4)17)5-12-6-9(2)13(10(3)7-12)18-14(15)16/h5-7,11,14,17H,1-4H3/b8-5+. The van der Waals surface area contributed by atoms with E-state index in [0.29, 0.717) is 11.1 Å². The van der Waals surface area contributed by atoms with Gasteiger partial charge in [-0.1, -0.05) is 6.08 Å². The van der Waals surface area contributed by atoms with Gasteiger partial charge in [0.2, 0.25) is 0 Å². The van der Waals surface area contributed by atoms with Gasteiger partial charge in [-0.3, -0.25) is 0 Å². The fraction of sp³-hybridized carbons (Fsp3) is 0.429. The Morgan fingerprint density at radius 2 is 1.78 bits per heavy atom. The molecule has 0 saturated carbocycles. The first-order valence-corrected chi connectivity index (χ1v) is 5.73. The lowest BCUT2D eigenvalue weighted by Gasteiger charge is -2.13. The molecule has 0 spiro atoms. The first-order valence-electron chi connectivity index (χ1n) is 5.73. The minimum atomic E-state index is -2.82. The summed E-state index contributed by atoms with van der Waals surface area (Å²) in [6.07, 6.45) is 1.30. The van der Waals surface area contributed by atoms with Crippen LogP contribution >= 0.6 is 0 Å². The van der Waals surface area contributed by atoms with E-state index < -0.39 is 12.7 Å². The van der Waals surface area contributed by atoms with Crippen molar-refractivity contribution < 1.29 is 18.6 Å². The molecule has 1 aromatic carbocycles. The predicted octanol–water partition coefficient (Wildman–Crippen LogP) is 3.69. The Hall–Kier alpha value is -1.42. The molecule has 0 aliphatic carbocycles. The highest BCUT2D eigenvalue weighted by Crippen LogP contribution is 2.27. The Bertz CT molecular complexity index is 428. The summed E-state index contributed by atoms with van der Waals surface area (Å²) in [6, 6.07) is 3.52. The van der Waals surface area contributed by atoms with Gasteiger partial charge in [0, 0.05) is 0 Å². The van der Waals surface area contributed by atoms with Crippen LogP contribution in [-0.4, -0.2) is 17.8 Å². The van der Waals surface area contributed by atoms with Gasteiger partial charge in [0.05, 0.1) is 6.10 Å². The molecule has 2 nitrogen and oxygen atoms in total. The quantitative estimate of drug-likeness (QED) is 0.890. The van der Waals surface area contributed by atoms with Crippen molar-refractivity contribution in [2.24, 2.45) is 0 Å². The van der Waals surface area contributed by atoms with Crippen LogP contribution < -0.4 is 4.74 Å². The summed E-state index contributed by atoms with van der Waals surface area (Å²) < 4.78 is 28.9. The lowest BCUT2D eigenvalue weighted by molar-refractivity contribution is -0.0507. The van der Waals surface area contributed by atoms with Gasteiger partial charge in [-0.05, 0) is 62.1 Å². The Morgan fingerprint density at radius 3 is 2.17 bits per heavy atom. The average molecular weight is 256 g/mol. The van der Waals surface area contributed by atoms with Crippen molar-refractivity contribution in [2.75, 3.05) is 0 Å². The van der Waals surface area contributed by atoms with E-state index in [0.717, 1.165) is 11.1 Å². The summed E-state index contributed by atoms with van der Waals surface area (Å²) in [7, 11) is 0. The Balaban J connectivity index is 3.10. The van der Waals surface area contributed by atoms with E-state index >= 15 is 0 Å². The third-order valence-corrected chi connectivity index (χ3v) is 2.74. The van der Waals surface area contributed by atoms with Crippen molar-refractivity contribution >= 4 is 6.08 Å². The molecule has 0 saturated heterocycles. The van der Waals surface area contributed by atoms with Gasteiger partial charge in [0.15, 0.2) is 0 Å². The maximum atomic E-state index is 12.2. The van der Waals surface area contributed by atoms with Crippen LogP contribution in [0.4, 0.5) is 8.78 Å². The van der Waals surface area contributed by atoms with Gasteiger partial charge in [0.25, 0.3) is 0 Å². The first-order chi connectivity index (χ1) is 8.31. The maximum absolute atomic E-state index is 12.2. The van der Waals surface area contributed by atoms with Crippen LogP contribution in [0.15, 0.2) is 17.7 Å². The summed E-state index contributed by atoms with van der Waals surface area (Å²) in [5.41, 5.74) is 2.99. The van der Waals surface area contributed by atoms with Gasteiger partial charge >= 0.3 is 6.61 Å². The minimum Gasteiger partial charge on any atom is -0.434 e. The van der Waals surface area contributed by atoms with Gasteiger partial charge in [-0.25, -0.2) is 0 Å². The fourth-order valence-corrected chi connectivity index (χ4v) is 1.73. The van der Waals surface area contributed by atoms with Crippen molar-refractivity contribution in [3.63, 3.8) is 0 Å². The maximum Gasteiger partial charge on any atom is 0.387 e. The first kappa shape index (κ1) is 14.6. The van der Waals surface area contributed by atoms with Gasteiger partial charge in [0.1, 0.15) is 5.75 Å². The number of rotatable bonds is 4. The number of aliphatic hydroxyl groups excluding tert-OH is 1. The van der Waals surface area contributed by atoms with E-state index in [-0.39, 0.29) is 5.75 Å². The molecule has 4 heteroatoms. The van der Waals surface area contributed by atoms with Crippen LogP contribution in [0.5, 0.6) is 5.75 Å². The van der Waals surface area contributed by atoms with Crippen molar-refractivity contribution in [2.45, 2.75) is 40.4 Å². The second kappa shape index (κ2) is 5.96. The van der Waals surface area contributed by atoms with Crippen LogP contribution in [0.2, 0.25) is 0 Å². The summed E-state index contributed by atoms with van der Waals surface area (Å²) in [6.45, 7) is 4.13. The van der Waals surface area contributed by atoms with E-state index in [9.17, 15) is 13.9 Å². The zero-order valence-corrected chi connectivity index (χ0v) is 11.0. The highest BCUT2D eigenvalue weighted by Gasteiger charge is 2.11. The van der Waals surface area contributed by atoms with Gasteiger partial charge in [-0.2, -0.15) is 8.78 Å². The van der Waals surface area contributed by atoms with Gasteiger partial charge < -0.3 is 9.84 Å². The molecule has 0 aliphatic rings. The molecule has 0 fully saturated rings. The number of benzene rings is 1. The molecule has 1 aromatic rings. The molecule has 0 amide bonds. The summed E-state index contributed by atoms with van der Waals surface area (Å²) in [5.74, 6) is 0.219. The summed E-state index contributed by atoms with van der Waals surface area (Å²) in [4.78, 5) is 0. The third-order valence-electron chi connectivity index (χ3n) is 2.74. The molecule has 1 unspecified atom stereocenters. The number of aliphatic hydroxyl groups is 1. The Kier molecular flexibility index (Phi) is 4.84. The summed E-state index contributed by atoms with van der Waals surface area (Å²) >= 11 is 0. The summed E-state index contributed by atoms with van der Waals surface area (Å²) in [5, 5.41) is 9.40. The topological polar surface area (TPSA) is 29.5 Å². The predicted molar refractivity (Wildman–Crippen MR) is 67.9 cm³/mol. The van der Waals surface area contributed by atoms with Crippen LogP contribution in [0.3, 0.4) is 0 Å². The molecular weight excluding hydrogens is 238 g/mol. The lowest BCUT2D eigenvalue weighted by atomic mass is 10.0. The monoisotopic (exact) mass is 256 g/mol. The lowest BCUT2D eigenvalue weighted by Crippen LogP contribution is -2.05. The molecule has 0 aromatic heterocycles. The van der Waals surface area contributed by atoms with E-state index in [4.69, 9.17) is 0 Å². The molecule has 1 atom stereocenters. The number of ether oxygens (including phenoxy) is 1. The highest BCUT2D eigenvalue weighted by atomic mass is 19.3. The van der Waals surface area contributed by atoms with Gasteiger partial charge in [-0.15, -0.1) is 0 Å². The van der Waals surface area contributed by atoms with Crippen molar-refractivity contribution in [1.29, 1.82) is 0 Å². The van der Waals surface area contributed by atoms with Crippen LogP contribution in [0, 0.1) is 13.8 Å². The van der Waals surface area contributed by atoms with E-state index in [2.05, 4.69) is 4.74 Å². The molecule has 0 bridgehead atoms. The second-order valence-corrected chi connectivity index (χ2v) is 4.43.